The minimum Gasteiger partial charge on any atom is -0.368 e. The molecule has 18 heavy (non-hydrogen) atoms. The predicted molar refractivity (Wildman–Crippen MR) is 68.2 cm³/mol. The molecule has 3 rings (SSSR count). The molecule has 0 unspecified atom stereocenters. The largest absolute Gasteiger partial charge is 0.368 e. The Kier molecular flexibility index (Phi) is 2.92. The molecule has 4 heteroatoms. The van der Waals surface area contributed by atoms with E-state index in [4.69, 9.17) is 5.26 Å². The lowest BCUT2D eigenvalue weighted by Crippen LogP contribution is -2.44. The van der Waals surface area contributed by atoms with Crippen molar-refractivity contribution in [3.63, 3.8) is 0 Å². The van der Waals surface area contributed by atoms with Crippen LogP contribution >= 0.6 is 0 Å². The Hall–Kier alpha value is -1.60. The van der Waals surface area contributed by atoms with Crippen LogP contribution in [0.5, 0.6) is 0 Å². The van der Waals surface area contributed by atoms with E-state index in [0.717, 1.165) is 50.3 Å². The summed E-state index contributed by atoms with van der Waals surface area (Å²) in [5, 5.41) is 12.4. The van der Waals surface area contributed by atoms with Gasteiger partial charge in [-0.1, -0.05) is 0 Å². The van der Waals surface area contributed by atoms with Gasteiger partial charge in [0.05, 0.1) is 5.69 Å². The van der Waals surface area contributed by atoms with Crippen molar-refractivity contribution in [2.24, 2.45) is 0 Å². The first-order chi connectivity index (χ1) is 8.79. The molecular formula is C14H16FN3. The van der Waals surface area contributed by atoms with Crippen LogP contribution in [0.3, 0.4) is 0 Å². The van der Waals surface area contributed by atoms with Gasteiger partial charge in [-0.2, -0.15) is 5.26 Å². The van der Waals surface area contributed by atoms with E-state index in [1.807, 2.05) is 12.1 Å². The van der Waals surface area contributed by atoms with Gasteiger partial charge in [0.25, 0.3) is 0 Å². The number of piperazine rings is 1. The molecule has 1 heterocycles. The summed E-state index contributed by atoms with van der Waals surface area (Å²) in [6.45, 7) is 3.45. The Bertz CT molecular complexity index is 496. The lowest BCUT2D eigenvalue weighted by Gasteiger charge is -2.30. The van der Waals surface area contributed by atoms with Crippen LogP contribution in [0.25, 0.3) is 0 Å². The maximum absolute atomic E-state index is 14.0. The summed E-state index contributed by atoms with van der Waals surface area (Å²) < 4.78 is 14.0. The molecule has 2 fully saturated rings. The van der Waals surface area contributed by atoms with Gasteiger partial charge in [0.15, 0.2) is 0 Å². The Morgan fingerprint density at radius 3 is 2.61 bits per heavy atom. The van der Waals surface area contributed by atoms with Crippen molar-refractivity contribution in [3.8, 4) is 6.07 Å². The molecule has 3 nitrogen and oxygen atoms in total. The highest BCUT2D eigenvalue weighted by Crippen LogP contribution is 2.42. The van der Waals surface area contributed by atoms with Crippen LogP contribution < -0.4 is 10.2 Å². The van der Waals surface area contributed by atoms with Gasteiger partial charge in [-0.3, -0.25) is 0 Å². The molecule has 2 aliphatic rings. The number of halogens is 1. The van der Waals surface area contributed by atoms with E-state index < -0.39 is 0 Å². The second-order valence-electron chi connectivity index (χ2n) is 5.02. The second kappa shape index (κ2) is 4.58. The van der Waals surface area contributed by atoms with E-state index in [2.05, 4.69) is 10.2 Å². The van der Waals surface area contributed by atoms with Crippen LogP contribution in [-0.4, -0.2) is 26.2 Å². The minimum absolute atomic E-state index is 0.196. The average Bonchev–Trinajstić information content (AvgIpc) is 3.23. The van der Waals surface area contributed by atoms with Crippen molar-refractivity contribution < 1.29 is 4.39 Å². The molecule has 1 N–H and O–H groups in total. The average molecular weight is 245 g/mol. The summed E-state index contributed by atoms with van der Waals surface area (Å²) in [5.41, 5.74) is 2.03. The van der Waals surface area contributed by atoms with Gasteiger partial charge in [-0.15, -0.1) is 0 Å². The maximum Gasteiger partial charge on any atom is 0.143 e. The van der Waals surface area contributed by atoms with Gasteiger partial charge in [0.2, 0.25) is 0 Å². The van der Waals surface area contributed by atoms with Gasteiger partial charge in [-0.25, -0.2) is 4.39 Å². The van der Waals surface area contributed by atoms with Crippen molar-refractivity contribution in [1.82, 2.24) is 5.32 Å². The van der Waals surface area contributed by atoms with Crippen molar-refractivity contribution in [3.05, 3.63) is 29.1 Å². The molecule has 0 bridgehead atoms. The minimum atomic E-state index is -0.365. The smallest absolute Gasteiger partial charge is 0.143 e. The first kappa shape index (κ1) is 11.5. The zero-order valence-corrected chi connectivity index (χ0v) is 10.2. The molecule has 1 saturated carbocycles. The number of benzene rings is 1. The number of anilines is 1. The summed E-state index contributed by atoms with van der Waals surface area (Å²) in [7, 11) is 0. The third-order valence-corrected chi connectivity index (χ3v) is 3.71. The molecule has 94 valence electrons. The Morgan fingerprint density at radius 2 is 2.00 bits per heavy atom. The summed E-state index contributed by atoms with van der Waals surface area (Å²) >= 11 is 0. The molecule has 0 aromatic heterocycles. The second-order valence-corrected chi connectivity index (χ2v) is 5.02. The Balaban J connectivity index is 2.01. The number of rotatable bonds is 2. The van der Waals surface area contributed by atoms with Crippen LogP contribution in [0.2, 0.25) is 0 Å². The summed E-state index contributed by atoms with van der Waals surface area (Å²) in [6.07, 6.45) is 2.29. The standard InChI is InChI=1S/C14H16FN3/c15-13-7-11(10-1-2-10)8-14(12(13)9-16)18-5-3-17-4-6-18/h7-8,10,17H,1-6H2. The first-order valence-electron chi connectivity index (χ1n) is 6.49. The first-order valence-corrected chi connectivity index (χ1v) is 6.49. The lowest BCUT2D eigenvalue weighted by atomic mass is 10.0. The number of nitrogens with zero attached hydrogens (tertiary/aromatic N) is 2. The van der Waals surface area contributed by atoms with Crippen LogP contribution in [0.1, 0.15) is 29.9 Å². The predicted octanol–water partition coefficient (Wildman–Crippen LogP) is 1.98. The molecule has 0 atom stereocenters. The number of hydrogen-bond acceptors (Lipinski definition) is 3. The van der Waals surface area contributed by atoms with E-state index in [1.54, 1.807) is 6.07 Å². The summed E-state index contributed by atoms with van der Waals surface area (Å²) in [4.78, 5) is 2.12. The normalized spacial score (nSPS) is 19.7. The van der Waals surface area contributed by atoms with Crippen molar-refractivity contribution >= 4 is 5.69 Å². The molecule has 1 aliphatic heterocycles. The van der Waals surface area contributed by atoms with Crippen molar-refractivity contribution in [2.75, 3.05) is 31.1 Å². The molecular weight excluding hydrogens is 229 g/mol. The van der Waals surface area contributed by atoms with E-state index in [1.165, 1.54) is 0 Å². The third kappa shape index (κ3) is 2.06. The topological polar surface area (TPSA) is 39.1 Å². The molecule has 1 aromatic rings. The van der Waals surface area contributed by atoms with Crippen LogP contribution in [0.4, 0.5) is 10.1 Å². The third-order valence-electron chi connectivity index (χ3n) is 3.71. The number of nitrogens with one attached hydrogen (secondary N) is 1. The van der Waals surface area contributed by atoms with Gasteiger partial charge in [0.1, 0.15) is 17.4 Å². The zero-order chi connectivity index (χ0) is 12.5. The monoisotopic (exact) mass is 245 g/mol. The molecule has 1 aromatic carbocycles. The van der Waals surface area contributed by atoms with Gasteiger partial charge in [0, 0.05) is 26.2 Å². The van der Waals surface area contributed by atoms with E-state index in [-0.39, 0.29) is 11.4 Å². The quantitative estimate of drug-likeness (QED) is 0.866. The number of nitriles is 1. The summed E-state index contributed by atoms with van der Waals surface area (Å²) in [6, 6.07) is 5.57. The van der Waals surface area contributed by atoms with Crippen molar-refractivity contribution in [2.45, 2.75) is 18.8 Å². The maximum atomic E-state index is 14.0. The van der Waals surface area contributed by atoms with E-state index in [0.29, 0.717) is 5.92 Å². The van der Waals surface area contributed by atoms with Crippen LogP contribution in [-0.2, 0) is 0 Å². The van der Waals surface area contributed by atoms with Gasteiger partial charge in [-0.05, 0) is 36.5 Å². The van der Waals surface area contributed by atoms with Crippen LogP contribution in [0.15, 0.2) is 12.1 Å². The molecule has 0 amide bonds. The highest BCUT2D eigenvalue weighted by atomic mass is 19.1. The molecule has 1 aliphatic carbocycles. The lowest BCUT2D eigenvalue weighted by molar-refractivity contribution is 0.582. The van der Waals surface area contributed by atoms with Crippen LogP contribution in [0, 0.1) is 17.1 Å². The van der Waals surface area contributed by atoms with E-state index >= 15 is 0 Å². The summed E-state index contributed by atoms with van der Waals surface area (Å²) in [5.74, 6) is 0.143. The highest BCUT2D eigenvalue weighted by Gasteiger charge is 2.27. The molecule has 0 radical (unpaired) electrons. The van der Waals surface area contributed by atoms with Crippen molar-refractivity contribution in [1.29, 1.82) is 5.26 Å². The molecule has 1 saturated heterocycles. The number of hydrogen-bond donors (Lipinski definition) is 1. The SMILES string of the molecule is N#Cc1c(F)cc(C2CC2)cc1N1CCNCC1. The molecule has 0 spiro atoms. The van der Waals surface area contributed by atoms with Gasteiger partial charge < -0.3 is 10.2 Å². The fraction of sp³-hybridized carbons (Fsp3) is 0.500. The van der Waals surface area contributed by atoms with E-state index in [9.17, 15) is 4.39 Å². The fourth-order valence-electron chi connectivity index (χ4n) is 2.53. The Labute approximate surface area is 106 Å². The highest BCUT2D eigenvalue weighted by molar-refractivity contribution is 5.62. The zero-order valence-electron chi connectivity index (χ0n) is 10.2. The Morgan fingerprint density at radius 1 is 1.28 bits per heavy atom. The van der Waals surface area contributed by atoms with Gasteiger partial charge >= 0.3 is 0 Å². The fourth-order valence-corrected chi connectivity index (χ4v) is 2.53.